The third-order valence-corrected chi connectivity index (χ3v) is 5.79. The van der Waals surface area contributed by atoms with Crippen LogP contribution >= 0.6 is 0 Å². The molecule has 1 amide bonds. The van der Waals surface area contributed by atoms with E-state index in [1.807, 2.05) is 18.7 Å². The average molecular weight is 389 g/mol. The molecule has 1 aromatic carbocycles. The number of hydrogen-bond acceptors (Lipinski definition) is 4. The molecule has 2 aromatic heterocycles. The summed E-state index contributed by atoms with van der Waals surface area (Å²) in [7, 11) is 0. The Hall–Kier alpha value is -2.95. The molecule has 5 nitrogen and oxygen atoms in total. The second kappa shape index (κ2) is 8.19. The van der Waals surface area contributed by atoms with Crippen LogP contribution in [0.2, 0.25) is 0 Å². The number of rotatable bonds is 4. The van der Waals surface area contributed by atoms with Crippen molar-refractivity contribution in [3.8, 4) is 11.3 Å². The summed E-state index contributed by atoms with van der Waals surface area (Å²) in [6.07, 6.45) is 2.40. The molecule has 3 aromatic rings. The molecule has 0 aliphatic carbocycles. The van der Waals surface area contributed by atoms with Gasteiger partial charge < -0.3 is 9.42 Å². The second-order valence-electron chi connectivity index (χ2n) is 7.98. The lowest BCUT2D eigenvalue weighted by atomic mass is 9.93. The normalized spacial score (nSPS) is 16.8. The lowest BCUT2D eigenvalue weighted by molar-refractivity contribution is -0.131. The number of carbonyl (C=O) groups excluding carboxylic acids is 1. The van der Waals surface area contributed by atoms with Crippen LogP contribution in [0.15, 0.2) is 47.0 Å². The Balaban J connectivity index is 1.50. The van der Waals surface area contributed by atoms with E-state index < -0.39 is 0 Å². The van der Waals surface area contributed by atoms with Gasteiger partial charge in [-0.05, 0) is 51.8 Å². The van der Waals surface area contributed by atoms with Crippen molar-refractivity contribution < 1.29 is 9.32 Å². The zero-order valence-electron chi connectivity index (χ0n) is 17.3. The van der Waals surface area contributed by atoms with E-state index in [9.17, 15) is 4.79 Å². The van der Waals surface area contributed by atoms with E-state index in [4.69, 9.17) is 9.51 Å². The third kappa shape index (κ3) is 4.24. The molecule has 0 spiro atoms. The van der Waals surface area contributed by atoms with Gasteiger partial charge in [-0.2, -0.15) is 0 Å². The number of likely N-dealkylation sites (tertiary alicyclic amines) is 1. The molecule has 4 rings (SSSR count). The third-order valence-electron chi connectivity index (χ3n) is 5.79. The van der Waals surface area contributed by atoms with E-state index in [0.717, 1.165) is 53.4 Å². The summed E-state index contributed by atoms with van der Waals surface area (Å²) in [5.74, 6) is 1.14. The van der Waals surface area contributed by atoms with Crippen LogP contribution in [0.25, 0.3) is 11.3 Å². The van der Waals surface area contributed by atoms with Gasteiger partial charge in [0.15, 0.2) is 0 Å². The summed E-state index contributed by atoms with van der Waals surface area (Å²) in [5.41, 5.74) is 6.13. The molecule has 0 radical (unpaired) electrons. The number of benzene rings is 1. The highest BCUT2D eigenvalue weighted by atomic mass is 16.5. The molecule has 0 saturated carbocycles. The maximum Gasteiger partial charge on any atom is 0.227 e. The van der Waals surface area contributed by atoms with Crippen molar-refractivity contribution in [2.75, 3.05) is 13.1 Å². The van der Waals surface area contributed by atoms with Crippen LogP contribution in [-0.2, 0) is 11.2 Å². The topological polar surface area (TPSA) is 59.2 Å². The molecular weight excluding hydrogens is 362 g/mol. The van der Waals surface area contributed by atoms with Crippen LogP contribution in [0.3, 0.4) is 0 Å². The molecule has 3 heterocycles. The summed E-state index contributed by atoms with van der Waals surface area (Å²) in [6, 6.07) is 14.6. The predicted octanol–water partition coefficient (Wildman–Crippen LogP) is 4.61. The van der Waals surface area contributed by atoms with Gasteiger partial charge in [0.05, 0.1) is 17.8 Å². The highest BCUT2D eigenvalue weighted by molar-refractivity contribution is 5.79. The van der Waals surface area contributed by atoms with Crippen molar-refractivity contribution >= 4 is 5.91 Å². The van der Waals surface area contributed by atoms with Crippen LogP contribution in [0.1, 0.15) is 47.0 Å². The first kappa shape index (κ1) is 19.4. The Labute approximate surface area is 171 Å². The molecular formula is C24H27N3O2. The van der Waals surface area contributed by atoms with E-state index in [1.54, 1.807) is 0 Å². The molecule has 1 saturated heterocycles. The van der Waals surface area contributed by atoms with E-state index in [1.165, 1.54) is 5.56 Å². The average Bonchev–Trinajstić information content (AvgIpc) is 3.06. The maximum absolute atomic E-state index is 12.9. The van der Waals surface area contributed by atoms with Gasteiger partial charge in [-0.3, -0.25) is 9.78 Å². The zero-order valence-corrected chi connectivity index (χ0v) is 17.3. The number of aromatic nitrogens is 2. The smallest absolute Gasteiger partial charge is 0.227 e. The van der Waals surface area contributed by atoms with E-state index in [0.29, 0.717) is 13.0 Å². The molecule has 0 N–H and O–H groups in total. The Morgan fingerprint density at radius 1 is 1.17 bits per heavy atom. The number of carbonyl (C=O) groups is 1. The summed E-state index contributed by atoms with van der Waals surface area (Å²) >= 11 is 0. The van der Waals surface area contributed by atoms with Crippen LogP contribution in [0.4, 0.5) is 0 Å². The van der Waals surface area contributed by atoms with Gasteiger partial charge in [0, 0.05) is 35.8 Å². The Bertz CT molecular complexity index is 1000. The lowest BCUT2D eigenvalue weighted by Crippen LogP contribution is -2.40. The zero-order chi connectivity index (χ0) is 20.4. The minimum atomic E-state index is 0.138. The van der Waals surface area contributed by atoms with Crippen molar-refractivity contribution in [2.45, 2.75) is 46.0 Å². The standard InChI is InChI=1S/C24H27N3O2/c1-16-7-4-8-19(13-16)22-10-5-11-23(25-22)20-9-6-12-27(15-20)24(28)14-21-17(2)26-29-18(21)3/h4-5,7-8,10-11,13,20H,6,9,12,14-15H2,1-3H3. The minimum Gasteiger partial charge on any atom is -0.361 e. The predicted molar refractivity (Wildman–Crippen MR) is 113 cm³/mol. The number of amides is 1. The summed E-state index contributed by atoms with van der Waals surface area (Å²) in [6.45, 7) is 7.36. The lowest BCUT2D eigenvalue weighted by Gasteiger charge is -2.32. The number of pyridine rings is 1. The van der Waals surface area contributed by atoms with Gasteiger partial charge in [0.1, 0.15) is 5.76 Å². The van der Waals surface area contributed by atoms with E-state index in [2.05, 4.69) is 54.5 Å². The molecule has 150 valence electrons. The fourth-order valence-electron chi connectivity index (χ4n) is 4.11. The van der Waals surface area contributed by atoms with E-state index in [-0.39, 0.29) is 11.8 Å². The highest BCUT2D eigenvalue weighted by Gasteiger charge is 2.27. The quantitative estimate of drug-likeness (QED) is 0.654. The molecule has 29 heavy (non-hydrogen) atoms. The Morgan fingerprint density at radius 3 is 2.76 bits per heavy atom. The molecule has 1 unspecified atom stereocenters. The van der Waals surface area contributed by atoms with Crippen LogP contribution in [0.5, 0.6) is 0 Å². The fraction of sp³-hybridized carbons (Fsp3) is 0.375. The van der Waals surface area contributed by atoms with Crippen LogP contribution in [0, 0.1) is 20.8 Å². The van der Waals surface area contributed by atoms with Gasteiger partial charge in [0.25, 0.3) is 0 Å². The van der Waals surface area contributed by atoms with Crippen molar-refractivity contribution in [1.29, 1.82) is 0 Å². The Morgan fingerprint density at radius 2 is 2.00 bits per heavy atom. The van der Waals surface area contributed by atoms with Gasteiger partial charge in [-0.15, -0.1) is 0 Å². The van der Waals surface area contributed by atoms with Crippen molar-refractivity contribution in [2.24, 2.45) is 0 Å². The number of aryl methyl sites for hydroxylation is 3. The number of hydrogen-bond donors (Lipinski definition) is 0. The van der Waals surface area contributed by atoms with Gasteiger partial charge >= 0.3 is 0 Å². The molecule has 1 fully saturated rings. The van der Waals surface area contributed by atoms with Gasteiger partial charge in [-0.1, -0.05) is 35.0 Å². The number of piperidine rings is 1. The first-order valence-electron chi connectivity index (χ1n) is 10.2. The maximum atomic E-state index is 12.9. The largest absolute Gasteiger partial charge is 0.361 e. The monoisotopic (exact) mass is 389 g/mol. The van der Waals surface area contributed by atoms with Crippen molar-refractivity contribution in [3.63, 3.8) is 0 Å². The van der Waals surface area contributed by atoms with Gasteiger partial charge in [-0.25, -0.2) is 0 Å². The van der Waals surface area contributed by atoms with Crippen molar-refractivity contribution in [1.82, 2.24) is 15.0 Å². The van der Waals surface area contributed by atoms with Crippen LogP contribution < -0.4 is 0 Å². The molecule has 5 heteroatoms. The van der Waals surface area contributed by atoms with E-state index >= 15 is 0 Å². The SMILES string of the molecule is Cc1cccc(-c2cccc(C3CCCN(C(=O)Cc4c(C)noc4C)C3)n2)c1. The molecule has 0 bridgehead atoms. The molecule has 1 aliphatic rings. The molecule has 1 atom stereocenters. The fourth-order valence-corrected chi connectivity index (χ4v) is 4.11. The van der Waals surface area contributed by atoms with Gasteiger partial charge in [0.2, 0.25) is 5.91 Å². The number of nitrogens with zero attached hydrogens (tertiary/aromatic N) is 3. The summed E-state index contributed by atoms with van der Waals surface area (Å²) < 4.78 is 5.21. The molecule has 1 aliphatic heterocycles. The summed E-state index contributed by atoms with van der Waals surface area (Å²) in [5, 5.41) is 3.97. The van der Waals surface area contributed by atoms with Crippen molar-refractivity contribution in [3.05, 3.63) is 70.7 Å². The summed E-state index contributed by atoms with van der Waals surface area (Å²) in [4.78, 5) is 19.8. The Kier molecular flexibility index (Phi) is 5.47. The first-order valence-corrected chi connectivity index (χ1v) is 10.2. The van der Waals surface area contributed by atoms with Crippen LogP contribution in [-0.4, -0.2) is 34.0 Å². The second-order valence-corrected chi connectivity index (χ2v) is 7.98. The first-order chi connectivity index (χ1) is 14.0. The minimum absolute atomic E-state index is 0.138. The highest BCUT2D eigenvalue weighted by Crippen LogP contribution is 2.28.